The number of fused-ring (bicyclic) bond motifs is 6. The smallest absolute Gasteiger partial charge is 0.309 e. The maximum Gasteiger partial charge on any atom is 0.420 e. The van der Waals surface area contributed by atoms with Crippen LogP contribution in [-0.2, 0) is 6.18 Å². The number of hydrogen-bond donors (Lipinski definition) is 0. The third-order valence-electron chi connectivity index (χ3n) is 10.8. The van der Waals surface area contributed by atoms with Gasteiger partial charge in [-0.25, -0.2) is 24.6 Å². The van der Waals surface area contributed by atoms with Gasteiger partial charge in [0.1, 0.15) is 5.56 Å². The standard InChI is InChI=1S/C50H24F3N9/c1-56-34-15-19-42-38(25-34)39-26-35(57-2)16-20-43(39)62(42)45-24-33(49-59-47(31-9-5-3-6-10-31)58-48(60-49)32-11-7-4-8-12-32)23-44(46(45)50(51,52)53)61-40-17-13-29(27-54)21-36(40)37-22-30(28-55)14-18-41(37)61/h3-26H. The molecule has 0 aliphatic carbocycles. The number of nitrogens with zero attached hydrogens (tertiary/aromatic N) is 9. The summed E-state index contributed by atoms with van der Waals surface area (Å²) in [5.41, 5.74) is 2.61. The number of halogens is 3. The molecule has 0 spiro atoms. The third-order valence-corrected chi connectivity index (χ3v) is 10.8. The zero-order valence-corrected chi connectivity index (χ0v) is 32.0. The number of nitriles is 2. The molecule has 9 nitrogen and oxygen atoms in total. The second-order valence-corrected chi connectivity index (χ2v) is 14.4. The molecule has 0 aliphatic rings. The van der Waals surface area contributed by atoms with E-state index in [2.05, 4.69) is 21.8 Å². The molecular formula is C50H24F3N9. The molecule has 0 radical (unpaired) electrons. The molecule has 10 rings (SSSR count). The molecule has 0 fully saturated rings. The molecule has 0 N–H and O–H groups in total. The Kier molecular flexibility index (Phi) is 8.59. The van der Waals surface area contributed by atoms with Crippen molar-refractivity contribution in [2.45, 2.75) is 6.18 Å². The van der Waals surface area contributed by atoms with Crippen LogP contribution in [0.1, 0.15) is 16.7 Å². The molecule has 0 saturated heterocycles. The van der Waals surface area contributed by atoms with Gasteiger partial charge in [0, 0.05) is 27.5 Å². The van der Waals surface area contributed by atoms with Crippen molar-refractivity contribution < 1.29 is 13.2 Å². The summed E-state index contributed by atoms with van der Waals surface area (Å²) in [6.45, 7) is 15.5. The van der Waals surface area contributed by atoms with Gasteiger partial charge in [-0.2, -0.15) is 23.7 Å². The molecule has 7 aromatic carbocycles. The molecule has 0 bridgehead atoms. The highest BCUT2D eigenvalue weighted by molar-refractivity contribution is 6.12. The summed E-state index contributed by atoms with van der Waals surface area (Å²) >= 11 is 0. The van der Waals surface area contributed by atoms with Gasteiger partial charge in [0.15, 0.2) is 28.8 Å². The van der Waals surface area contributed by atoms with Crippen molar-refractivity contribution >= 4 is 55.0 Å². The Morgan fingerprint density at radius 2 is 0.839 bits per heavy atom. The first-order valence-corrected chi connectivity index (χ1v) is 19.0. The summed E-state index contributed by atoms with van der Waals surface area (Å²) in [5, 5.41) is 21.7. The summed E-state index contributed by atoms with van der Waals surface area (Å²) in [4.78, 5) is 21.8. The molecule has 0 aliphatic heterocycles. The average molecular weight is 808 g/mol. The molecule has 3 aromatic heterocycles. The van der Waals surface area contributed by atoms with Gasteiger partial charge < -0.3 is 9.13 Å². The summed E-state index contributed by atoms with van der Waals surface area (Å²) in [6, 6.07) is 44.6. The van der Waals surface area contributed by atoms with E-state index >= 15 is 13.2 Å². The Hall–Kier alpha value is -9.10. The molecule has 0 atom stereocenters. The van der Waals surface area contributed by atoms with E-state index in [0.717, 1.165) is 0 Å². The average Bonchev–Trinajstić information content (AvgIpc) is 3.82. The molecule has 3 heterocycles. The number of benzene rings is 7. The van der Waals surface area contributed by atoms with Gasteiger partial charge in [-0.05, 0) is 83.6 Å². The van der Waals surface area contributed by atoms with Crippen molar-refractivity contribution in [1.29, 1.82) is 10.5 Å². The lowest BCUT2D eigenvalue weighted by Gasteiger charge is -2.23. The fourth-order valence-electron chi connectivity index (χ4n) is 8.14. The van der Waals surface area contributed by atoms with Crippen LogP contribution in [0.4, 0.5) is 24.5 Å². The summed E-state index contributed by atoms with van der Waals surface area (Å²) < 4.78 is 52.3. The van der Waals surface area contributed by atoms with Crippen LogP contribution in [-0.4, -0.2) is 24.1 Å². The lowest BCUT2D eigenvalue weighted by molar-refractivity contribution is -0.137. The fraction of sp³-hybridized carbons (Fsp3) is 0.0200. The van der Waals surface area contributed by atoms with Crippen LogP contribution in [0.15, 0.2) is 146 Å². The van der Waals surface area contributed by atoms with Gasteiger partial charge in [0.2, 0.25) is 0 Å². The maximum absolute atomic E-state index is 16.4. The lowest BCUT2D eigenvalue weighted by Crippen LogP contribution is -2.16. The molecule has 0 saturated carbocycles. The second kappa shape index (κ2) is 14.3. The van der Waals surface area contributed by atoms with E-state index in [9.17, 15) is 10.5 Å². The van der Waals surface area contributed by atoms with Gasteiger partial charge in [-0.1, -0.05) is 72.8 Å². The second-order valence-electron chi connectivity index (χ2n) is 14.4. The number of rotatable bonds is 5. The SMILES string of the molecule is [C-]#[N+]c1ccc2c(c1)c1cc([N+]#[C-])ccc1n2-c1cc(-c2nc(-c3ccccc3)nc(-c3ccccc3)n2)cc(-n2c3ccc(C#N)cc3c3cc(C#N)ccc32)c1C(F)(F)F. The van der Waals surface area contributed by atoms with Crippen molar-refractivity contribution in [3.8, 4) is 57.7 Å². The lowest BCUT2D eigenvalue weighted by atomic mass is 10.0. The zero-order chi connectivity index (χ0) is 42.7. The monoisotopic (exact) mass is 807 g/mol. The van der Waals surface area contributed by atoms with Crippen LogP contribution in [0.2, 0.25) is 0 Å². The van der Waals surface area contributed by atoms with Crippen molar-refractivity contribution in [2.24, 2.45) is 0 Å². The quantitative estimate of drug-likeness (QED) is 0.161. The van der Waals surface area contributed by atoms with E-state index in [4.69, 9.17) is 28.1 Å². The minimum Gasteiger partial charge on any atom is -0.309 e. The Balaban J connectivity index is 1.40. The van der Waals surface area contributed by atoms with E-state index in [1.807, 2.05) is 60.7 Å². The maximum atomic E-state index is 16.4. The summed E-state index contributed by atoms with van der Waals surface area (Å²) in [7, 11) is 0. The van der Waals surface area contributed by atoms with Gasteiger partial charge in [0.05, 0.1) is 69.9 Å². The van der Waals surface area contributed by atoms with Crippen LogP contribution in [0.5, 0.6) is 0 Å². The molecule has 0 unspecified atom stereocenters. The number of hydrogen-bond acceptors (Lipinski definition) is 5. The van der Waals surface area contributed by atoms with Crippen molar-refractivity contribution in [3.63, 3.8) is 0 Å². The Bertz CT molecular complexity index is 3300. The van der Waals surface area contributed by atoms with Crippen LogP contribution in [0.3, 0.4) is 0 Å². The van der Waals surface area contributed by atoms with Gasteiger partial charge >= 0.3 is 6.18 Å². The van der Waals surface area contributed by atoms with Crippen molar-refractivity contribution in [2.75, 3.05) is 0 Å². The first-order chi connectivity index (χ1) is 30.2. The Labute approximate surface area is 350 Å². The van der Waals surface area contributed by atoms with E-state index in [0.29, 0.717) is 77.5 Å². The number of aromatic nitrogens is 5. The predicted octanol–water partition coefficient (Wildman–Crippen LogP) is 12.9. The summed E-state index contributed by atoms with van der Waals surface area (Å²) in [5.74, 6) is 0.703. The van der Waals surface area contributed by atoms with Crippen LogP contribution in [0.25, 0.3) is 98.8 Å². The first-order valence-electron chi connectivity index (χ1n) is 19.0. The van der Waals surface area contributed by atoms with Crippen molar-refractivity contribution in [1.82, 2.24) is 24.1 Å². The molecule has 10 aromatic rings. The minimum atomic E-state index is -5.00. The van der Waals surface area contributed by atoms with Crippen molar-refractivity contribution in [3.05, 3.63) is 185 Å². The van der Waals surface area contributed by atoms with Gasteiger partial charge in [-0.15, -0.1) is 0 Å². The Morgan fingerprint density at radius 3 is 1.21 bits per heavy atom. The normalized spacial score (nSPS) is 11.4. The highest BCUT2D eigenvalue weighted by Gasteiger charge is 2.40. The molecule has 0 amide bonds. The van der Waals surface area contributed by atoms with Crippen LogP contribution >= 0.6 is 0 Å². The fourth-order valence-corrected chi connectivity index (χ4v) is 8.14. The molecular weight excluding hydrogens is 784 g/mol. The predicted molar refractivity (Wildman–Crippen MR) is 232 cm³/mol. The zero-order valence-electron chi connectivity index (χ0n) is 32.0. The van der Waals surface area contributed by atoms with E-state index in [1.54, 1.807) is 72.8 Å². The molecule has 290 valence electrons. The van der Waals surface area contributed by atoms with Gasteiger partial charge in [0.25, 0.3) is 0 Å². The van der Waals surface area contributed by atoms with Gasteiger partial charge in [-0.3, -0.25) is 0 Å². The Morgan fingerprint density at radius 1 is 0.468 bits per heavy atom. The third kappa shape index (κ3) is 6.04. The van der Waals surface area contributed by atoms with E-state index in [1.165, 1.54) is 21.3 Å². The molecule has 12 heteroatoms. The number of alkyl halides is 3. The largest absolute Gasteiger partial charge is 0.420 e. The van der Waals surface area contributed by atoms with E-state index < -0.39 is 11.7 Å². The molecule has 62 heavy (non-hydrogen) atoms. The van der Waals surface area contributed by atoms with E-state index in [-0.39, 0.29) is 34.1 Å². The highest BCUT2D eigenvalue weighted by atomic mass is 19.4. The topological polar surface area (TPSA) is 105 Å². The van der Waals surface area contributed by atoms with Crippen LogP contribution in [0, 0.1) is 35.8 Å². The summed E-state index contributed by atoms with van der Waals surface area (Å²) in [6.07, 6.45) is -5.00. The first kappa shape index (κ1) is 37.2. The van der Waals surface area contributed by atoms with Crippen LogP contribution < -0.4 is 0 Å². The highest BCUT2D eigenvalue weighted by Crippen LogP contribution is 2.47. The minimum absolute atomic E-state index is 0.0968.